The van der Waals surface area contributed by atoms with Gasteiger partial charge < -0.3 is 19.1 Å². The lowest BCUT2D eigenvalue weighted by Crippen LogP contribution is -2.26. The van der Waals surface area contributed by atoms with Crippen LogP contribution in [0.1, 0.15) is 22.8 Å². The topological polar surface area (TPSA) is 48.0 Å². The minimum absolute atomic E-state index is 0.107. The van der Waals surface area contributed by atoms with Gasteiger partial charge in [0.05, 0.1) is 13.7 Å². The van der Waals surface area contributed by atoms with Gasteiger partial charge in [-0.1, -0.05) is 30.9 Å². The number of amides is 1. The molecule has 0 aliphatic heterocycles. The van der Waals surface area contributed by atoms with Gasteiger partial charge in [-0.3, -0.25) is 4.79 Å². The van der Waals surface area contributed by atoms with Crippen molar-refractivity contribution in [2.24, 2.45) is 0 Å². The second-order valence-electron chi connectivity index (χ2n) is 5.67. The molecule has 5 nitrogen and oxygen atoms in total. The zero-order chi connectivity index (χ0) is 18.9. The molecule has 138 valence electrons. The maximum Gasteiger partial charge on any atom is 0.254 e. The van der Waals surface area contributed by atoms with Gasteiger partial charge in [0.15, 0.2) is 11.5 Å². The number of para-hydroxylation sites is 1. The summed E-state index contributed by atoms with van der Waals surface area (Å²) in [6.07, 6.45) is 1.65. The van der Waals surface area contributed by atoms with E-state index in [1.54, 1.807) is 43.3 Å². The summed E-state index contributed by atoms with van der Waals surface area (Å²) in [4.78, 5) is 14.4. The molecule has 0 atom stereocenters. The van der Waals surface area contributed by atoms with Crippen LogP contribution in [0.3, 0.4) is 0 Å². The van der Waals surface area contributed by atoms with Crippen molar-refractivity contribution in [2.75, 3.05) is 27.4 Å². The molecule has 0 bridgehead atoms. The molecule has 0 aliphatic rings. The van der Waals surface area contributed by atoms with Gasteiger partial charge in [-0.25, -0.2) is 0 Å². The van der Waals surface area contributed by atoms with Crippen molar-refractivity contribution in [2.45, 2.75) is 13.5 Å². The summed E-state index contributed by atoms with van der Waals surface area (Å²) in [6, 6.07) is 12.9. The molecule has 0 fully saturated rings. The molecule has 0 unspecified atom stereocenters. The molecule has 2 rings (SSSR count). The van der Waals surface area contributed by atoms with Crippen molar-refractivity contribution >= 4 is 5.91 Å². The van der Waals surface area contributed by atoms with E-state index in [-0.39, 0.29) is 5.91 Å². The summed E-state index contributed by atoms with van der Waals surface area (Å²) in [5.41, 5.74) is 1.49. The molecule has 0 saturated heterocycles. The molecular weight excluding hydrogens is 330 g/mol. The number of nitrogens with zero attached hydrogens (tertiary/aromatic N) is 1. The molecule has 1 amide bonds. The zero-order valence-corrected chi connectivity index (χ0v) is 15.5. The molecule has 0 N–H and O–H groups in total. The SMILES string of the molecule is C=CCOc1ccc(C(=O)N(C)Cc2ccccc2OCC)cc1OC. The van der Waals surface area contributed by atoms with Crippen LogP contribution in [0.15, 0.2) is 55.1 Å². The standard InChI is InChI=1S/C21H25NO4/c1-5-13-26-19-12-11-16(14-20(19)24-4)21(23)22(3)15-17-9-7-8-10-18(17)25-6-2/h5,7-12,14H,1,6,13,15H2,2-4H3. The second kappa shape index (κ2) is 9.51. The number of methoxy groups -OCH3 is 1. The lowest BCUT2D eigenvalue weighted by Gasteiger charge is -2.20. The van der Waals surface area contributed by atoms with E-state index in [9.17, 15) is 4.79 Å². The van der Waals surface area contributed by atoms with Crippen molar-refractivity contribution in [3.05, 3.63) is 66.2 Å². The lowest BCUT2D eigenvalue weighted by atomic mass is 10.1. The van der Waals surface area contributed by atoms with Crippen molar-refractivity contribution in [1.82, 2.24) is 4.90 Å². The Morgan fingerprint density at radius 2 is 1.88 bits per heavy atom. The number of carbonyl (C=O) groups excluding carboxylic acids is 1. The fraction of sp³-hybridized carbons (Fsp3) is 0.286. The molecule has 0 aliphatic carbocycles. The van der Waals surface area contributed by atoms with E-state index in [0.717, 1.165) is 11.3 Å². The maximum atomic E-state index is 12.8. The van der Waals surface area contributed by atoms with Crippen LogP contribution in [0, 0.1) is 0 Å². The number of hydrogen-bond acceptors (Lipinski definition) is 4. The molecule has 2 aromatic rings. The Kier molecular flexibility index (Phi) is 7.09. The average molecular weight is 355 g/mol. The third-order valence-corrected chi connectivity index (χ3v) is 3.79. The molecule has 26 heavy (non-hydrogen) atoms. The molecule has 0 aromatic heterocycles. The largest absolute Gasteiger partial charge is 0.494 e. The molecule has 0 radical (unpaired) electrons. The summed E-state index contributed by atoms with van der Waals surface area (Å²) in [5.74, 6) is 1.78. The normalized spacial score (nSPS) is 10.1. The first-order valence-corrected chi connectivity index (χ1v) is 8.48. The number of carbonyl (C=O) groups is 1. The third-order valence-electron chi connectivity index (χ3n) is 3.79. The predicted octanol–water partition coefficient (Wildman–Crippen LogP) is 3.93. The van der Waals surface area contributed by atoms with Gasteiger partial charge in [0.1, 0.15) is 12.4 Å². The summed E-state index contributed by atoms with van der Waals surface area (Å²) in [5, 5.41) is 0. The van der Waals surface area contributed by atoms with E-state index >= 15 is 0 Å². The van der Waals surface area contributed by atoms with Crippen LogP contribution in [-0.4, -0.2) is 38.2 Å². The summed E-state index contributed by atoms with van der Waals surface area (Å²) < 4.78 is 16.5. The van der Waals surface area contributed by atoms with Crippen LogP contribution in [0.25, 0.3) is 0 Å². The third kappa shape index (κ3) is 4.79. The predicted molar refractivity (Wildman–Crippen MR) is 102 cm³/mol. The molecule has 0 saturated carbocycles. The van der Waals surface area contributed by atoms with Crippen molar-refractivity contribution < 1.29 is 19.0 Å². The first-order valence-electron chi connectivity index (χ1n) is 8.48. The van der Waals surface area contributed by atoms with E-state index < -0.39 is 0 Å². The minimum Gasteiger partial charge on any atom is -0.494 e. The van der Waals surface area contributed by atoms with Crippen LogP contribution in [0.2, 0.25) is 0 Å². The first-order chi connectivity index (χ1) is 12.6. The Hall–Kier alpha value is -2.95. The summed E-state index contributed by atoms with van der Waals surface area (Å²) in [6.45, 7) is 6.97. The highest BCUT2D eigenvalue weighted by atomic mass is 16.5. The number of hydrogen-bond donors (Lipinski definition) is 0. The van der Waals surface area contributed by atoms with Crippen LogP contribution in [0.5, 0.6) is 17.2 Å². The van der Waals surface area contributed by atoms with E-state index in [4.69, 9.17) is 14.2 Å². The summed E-state index contributed by atoms with van der Waals surface area (Å²) >= 11 is 0. The van der Waals surface area contributed by atoms with Gasteiger partial charge in [-0.05, 0) is 31.2 Å². The highest BCUT2D eigenvalue weighted by Gasteiger charge is 2.16. The van der Waals surface area contributed by atoms with Crippen molar-refractivity contribution in [1.29, 1.82) is 0 Å². The second-order valence-corrected chi connectivity index (χ2v) is 5.67. The summed E-state index contributed by atoms with van der Waals surface area (Å²) in [7, 11) is 3.31. The van der Waals surface area contributed by atoms with Crippen LogP contribution in [-0.2, 0) is 6.54 Å². The number of benzene rings is 2. The van der Waals surface area contributed by atoms with Crippen molar-refractivity contribution in [3.8, 4) is 17.2 Å². The van der Waals surface area contributed by atoms with E-state index in [1.807, 2.05) is 31.2 Å². The van der Waals surface area contributed by atoms with E-state index in [1.165, 1.54) is 0 Å². The Balaban J connectivity index is 2.16. The fourth-order valence-electron chi connectivity index (χ4n) is 2.55. The quantitative estimate of drug-likeness (QED) is 0.640. The monoisotopic (exact) mass is 355 g/mol. The molecule has 2 aromatic carbocycles. The van der Waals surface area contributed by atoms with Gasteiger partial charge in [0.2, 0.25) is 0 Å². The highest BCUT2D eigenvalue weighted by Crippen LogP contribution is 2.29. The Morgan fingerprint density at radius 1 is 1.12 bits per heavy atom. The van der Waals surface area contributed by atoms with Gasteiger partial charge >= 0.3 is 0 Å². The van der Waals surface area contributed by atoms with Crippen LogP contribution in [0.4, 0.5) is 0 Å². The zero-order valence-electron chi connectivity index (χ0n) is 15.5. The smallest absolute Gasteiger partial charge is 0.254 e. The van der Waals surface area contributed by atoms with Gasteiger partial charge in [0.25, 0.3) is 5.91 Å². The van der Waals surface area contributed by atoms with E-state index in [0.29, 0.717) is 36.8 Å². The molecule has 0 spiro atoms. The molecule has 0 heterocycles. The van der Waals surface area contributed by atoms with E-state index in [2.05, 4.69) is 6.58 Å². The van der Waals surface area contributed by atoms with Crippen LogP contribution < -0.4 is 14.2 Å². The lowest BCUT2D eigenvalue weighted by molar-refractivity contribution is 0.0783. The van der Waals surface area contributed by atoms with Crippen molar-refractivity contribution in [3.63, 3.8) is 0 Å². The van der Waals surface area contributed by atoms with Crippen LogP contribution >= 0.6 is 0 Å². The Bertz CT molecular complexity index is 757. The van der Waals surface area contributed by atoms with Gasteiger partial charge in [0, 0.05) is 24.7 Å². The first kappa shape index (κ1) is 19.4. The number of ether oxygens (including phenoxy) is 3. The van der Waals surface area contributed by atoms with Gasteiger partial charge in [-0.15, -0.1) is 0 Å². The highest BCUT2D eigenvalue weighted by molar-refractivity contribution is 5.94. The Labute approximate surface area is 154 Å². The minimum atomic E-state index is -0.107. The maximum absolute atomic E-state index is 12.8. The van der Waals surface area contributed by atoms with Gasteiger partial charge in [-0.2, -0.15) is 0 Å². The molecule has 5 heteroatoms. The molecular formula is C21H25NO4. The fourth-order valence-corrected chi connectivity index (χ4v) is 2.55. The number of rotatable bonds is 9. The Morgan fingerprint density at radius 3 is 2.58 bits per heavy atom. The average Bonchev–Trinajstić information content (AvgIpc) is 2.67.